The second-order valence-electron chi connectivity index (χ2n) is 7.14. The molecule has 2 aromatic carbocycles. The third-order valence-electron chi connectivity index (χ3n) is 5.34. The van der Waals surface area contributed by atoms with Gasteiger partial charge in [0.15, 0.2) is 5.71 Å². The van der Waals surface area contributed by atoms with Crippen LogP contribution in [0.4, 0.5) is 17.1 Å². The van der Waals surface area contributed by atoms with E-state index in [1.807, 2.05) is 0 Å². The summed E-state index contributed by atoms with van der Waals surface area (Å²) in [5.41, 5.74) is 0.816. The minimum absolute atomic E-state index is 0.0615. The first kappa shape index (κ1) is 21.4. The number of rotatable bonds is 5. The highest BCUT2D eigenvalue weighted by atomic mass is 35.5. The molecule has 2 amide bonds. The van der Waals surface area contributed by atoms with Gasteiger partial charge in [0.25, 0.3) is 11.6 Å². The fourth-order valence-electron chi connectivity index (χ4n) is 3.80. The molecule has 11 heteroatoms. The average Bonchev–Trinajstić information content (AvgIpc) is 3.28. The zero-order valence-corrected chi connectivity index (χ0v) is 17.8. The van der Waals surface area contributed by atoms with Crippen molar-refractivity contribution in [1.82, 2.24) is 0 Å². The lowest BCUT2D eigenvalue weighted by atomic mass is 9.97. The Morgan fingerprint density at radius 3 is 2.50 bits per heavy atom. The maximum Gasteiger partial charge on any atom is 0.355 e. The number of carbonyl (C=O) groups is 3. The van der Waals surface area contributed by atoms with Crippen molar-refractivity contribution in [3.63, 3.8) is 0 Å². The van der Waals surface area contributed by atoms with Gasteiger partial charge >= 0.3 is 5.97 Å². The summed E-state index contributed by atoms with van der Waals surface area (Å²) >= 11 is 6.18. The summed E-state index contributed by atoms with van der Waals surface area (Å²) in [5.74, 6) is -3.21. The Labute approximate surface area is 187 Å². The predicted molar refractivity (Wildman–Crippen MR) is 116 cm³/mol. The Hall–Kier alpha value is -3.79. The van der Waals surface area contributed by atoms with Crippen molar-refractivity contribution in [3.8, 4) is 0 Å². The number of nitro groups is 1. The van der Waals surface area contributed by atoms with E-state index in [1.165, 1.54) is 29.3 Å². The number of non-ortho nitro benzene ring substituents is 1. The number of hydrogen-bond donors (Lipinski definition) is 0. The van der Waals surface area contributed by atoms with Crippen LogP contribution in [0.1, 0.15) is 12.5 Å². The molecule has 0 unspecified atom stereocenters. The van der Waals surface area contributed by atoms with Crippen molar-refractivity contribution in [2.24, 2.45) is 11.0 Å². The van der Waals surface area contributed by atoms with Crippen molar-refractivity contribution in [2.45, 2.75) is 19.9 Å². The Kier molecular flexibility index (Phi) is 5.39. The van der Waals surface area contributed by atoms with Gasteiger partial charge in [-0.25, -0.2) is 9.69 Å². The van der Waals surface area contributed by atoms with Crippen LogP contribution in [0.3, 0.4) is 0 Å². The summed E-state index contributed by atoms with van der Waals surface area (Å²) in [6, 6.07) is 9.02. The molecule has 0 radical (unpaired) electrons. The lowest BCUT2D eigenvalue weighted by Gasteiger charge is -2.23. The summed E-state index contributed by atoms with van der Waals surface area (Å²) in [6.07, 6.45) is 0. The van der Waals surface area contributed by atoms with Gasteiger partial charge < -0.3 is 4.74 Å². The standard InChI is InChI=1S/C21H17ClN4O6/c1-3-32-21(29)17-16-18(25(23-17)12-7-9-13(10-8-12)26(30)31)20(28)24(19(16)27)15-6-4-5-14(22)11(15)2/h4-10,16,18H,3H2,1-2H3/t16-,18-/m1/s1. The highest BCUT2D eigenvalue weighted by molar-refractivity contribution is 6.47. The van der Waals surface area contributed by atoms with E-state index in [2.05, 4.69) is 5.10 Å². The van der Waals surface area contributed by atoms with E-state index in [0.29, 0.717) is 22.0 Å². The fraction of sp³-hybridized carbons (Fsp3) is 0.238. The lowest BCUT2D eigenvalue weighted by Crippen LogP contribution is -2.39. The zero-order chi connectivity index (χ0) is 23.2. The number of halogens is 1. The maximum absolute atomic E-state index is 13.4. The van der Waals surface area contributed by atoms with Crippen LogP contribution >= 0.6 is 11.6 Å². The molecule has 0 bridgehead atoms. The number of hydrazone groups is 1. The van der Waals surface area contributed by atoms with Gasteiger partial charge in [-0.3, -0.25) is 24.7 Å². The minimum atomic E-state index is -1.19. The van der Waals surface area contributed by atoms with Gasteiger partial charge in [-0.1, -0.05) is 17.7 Å². The third-order valence-corrected chi connectivity index (χ3v) is 5.75. The molecule has 164 valence electrons. The van der Waals surface area contributed by atoms with Gasteiger partial charge in [0.05, 0.1) is 22.9 Å². The second-order valence-corrected chi connectivity index (χ2v) is 7.55. The van der Waals surface area contributed by atoms with E-state index in [1.54, 1.807) is 32.0 Å². The van der Waals surface area contributed by atoms with Gasteiger partial charge in [-0.15, -0.1) is 0 Å². The van der Waals surface area contributed by atoms with Gasteiger partial charge in [0.1, 0.15) is 12.0 Å². The maximum atomic E-state index is 13.4. The van der Waals surface area contributed by atoms with Crippen LogP contribution in [0.25, 0.3) is 0 Å². The highest BCUT2D eigenvalue weighted by Crippen LogP contribution is 2.40. The molecule has 1 fully saturated rings. The van der Waals surface area contributed by atoms with Crippen LogP contribution in [0.15, 0.2) is 47.6 Å². The SMILES string of the molecule is CCOC(=O)C1=NN(c2ccc([N+](=O)[O-])cc2)[C@H]2C(=O)N(c3cccc(Cl)c3C)C(=O)[C@H]12. The fourth-order valence-corrected chi connectivity index (χ4v) is 3.97. The lowest BCUT2D eigenvalue weighted by molar-refractivity contribution is -0.384. The van der Waals surface area contributed by atoms with Gasteiger partial charge in [-0.2, -0.15) is 5.10 Å². The summed E-state index contributed by atoms with van der Waals surface area (Å²) < 4.78 is 5.05. The van der Waals surface area contributed by atoms with Crippen LogP contribution in [0.5, 0.6) is 0 Å². The summed E-state index contributed by atoms with van der Waals surface area (Å²) in [7, 11) is 0. The zero-order valence-electron chi connectivity index (χ0n) is 17.0. The van der Waals surface area contributed by atoms with Crippen molar-refractivity contribution >= 4 is 52.2 Å². The third kappa shape index (κ3) is 3.28. The van der Waals surface area contributed by atoms with E-state index < -0.39 is 34.7 Å². The number of amides is 2. The average molecular weight is 457 g/mol. The molecular formula is C21H17ClN4O6. The van der Waals surface area contributed by atoms with Gasteiger partial charge in [-0.05, 0) is 43.7 Å². The topological polar surface area (TPSA) is 122 Å². The predicted octanol–water partition coefficient (Wildman–Crippen LogP) is 2.85. The smallest absolute Gasteiger partial charge is 0.355 e. The molecule has 1 saturated heterocycles. The Balaban J connectivity index is 1.80. The first-order valence-electron chi connectivity index (χ1n) is 9.68. The molecule has 32 heavy (non-hydrogen) atoms. The number of esters is 1. The first-order chi connectivity index (χ1) is 15.3. The molecule has 2 aliphatic heterocycles. The second kappa shape index (κ2) is 8.04. The van der Waals surface area contributed by atoms with Crippen LogP contribution in [-0.4, -0.2) is 41.1 Å². The van der Waals surface area contributed by atoms with Crippen molar-refractivity contribution in [1.29, 1.82) is 0 Å². The molecule has 2 atom stereocenters. The number of ether oxygens (including phenoxy) is 1. The summed E-state index contributed by atoms with van der Waals surface area (Å²) in [5, 5.41) is 16.8. The van der Waals surface area contributed by atoms with Crippen molar-refractivity contribution < 1.29 is 24.0 Å². The molecular weight excluding hydrogens is 440 g/mol. The number of anilines is 2. The molecule has 10 nitrogen and oxygen atoms in total. The van der Waals surface area contributed by atoms with E-state index in [-0.39, 0.29) is 18.0 Å². The van der Waals surface area contributed by atoms with Gasteiger partial charge in [0.2, 0.25) is 5.91 Å². The monoisotopic (exact) mass is 456 g/mol. The molecule has 0 aromatic heterocycles. The quantitative estimate of drug-likeness (QED) is 0.293. The Bertz CT molecular complexity index is 1180. The van der Waals surface area contributed by atoms with Crippen LogP contribution in [0, 0.1) is 23.0 Å². The molecule has 4 rings (SSSR count). The number of benzene rings is 2. The van der Waals surface area contributed by atoms with Crippen LogP contribution in [0.2, 0.25) is 5.02 Å². The number of nitro benzene ring substituents is 1. The van der Waals surface area contributed by atoms with Crippen molar-refractivity contribution in [3.05, 3.63) is 63.2 Å². The van der Waals surface area contributed by atoms with Crippen LogP contribution < -0.4 is 9.91 Å². The molecule has 0 aliphatic carbocycles. The molecule has 0 N–H and O–H groups in total. The number of imide groups is 1. The Morgan fingerprint density at radius 1 is 1.19 bits per heavy atom. The minimum Gasteiger partial charge on any atom is -0.461 e. The summed E-state index contributed by atoms with van der Waals surface area (Å²) in [6.45, 7) is 3.36. The molecule has 2 aliphatic rings. The highest BCUT2D eigenvalue weighted by Gasteiger charge is 2.59. The van der Waals surface area contributed by atoms with E-state index >= 15 is 0 Å². The molecule has 0 spiro atoms. The molecule has 2 aromatic rings. The van der Waals surface area contributed by atoms with E-state index in [0.717, 1.165) is 4.90 Å². The Morgan fingerprint density at radius 2 is 1.88 bits per heavy atom. The molecule has 0 saturated carbocycles. The number of carbonyl (C=O) groups excluding carboxylic acids is 3. The largest absolute Gasteiger partial charge is 0.461 e. The van der Waals surface area contributed by atoms with E-state index in [9.17, 15) is 24.5 Å². The molecule has 2 heterocycles. The number of fused-ring (bicyclic) bond motifs is 1. The summed E-state index contributed by atoms with van der Waals surface area (Å²) in [4.78, 5) is 50.8. The first-order valence-corrected chi connectivity index (χ1v) is 10.1. The van der Waals surface area contributed by atoms with Crippen LogP contribution in [-0.2, 0) is 19.1 Å². The van der Waals surface area contributed by atoms with E-state index in [4.69, 9.17) is 16.3 Å². The number of nitrogens with zero attached hydrogens (tertiary/aromatic N) is 4. The van der Waals surface area contributed by atoms with Crippen molar-refractivity contribution in [2.75, 3.05) is 16.5 Å². The normalized spacial score (nSPS) is 19.8. The van der Waals surface area contributed by atoms with Gasteiger partial charge in [0, 0.05) is 17.2 Å². The number of hydrogen-bond acceptors (Lipinski definition) is 8.